The molecule has 1 heterocycles. The molecular weight excluding hydrogens is 228 g/mol. The van der Waals surface area contributed by atoms with Crippen molar-refractivity contribution in [2.24, 2.45) is 0 Å². The Labute approximate surface area is 88.2 Å². The van der Waals surface area contributed by atoms with Crippen LogP contribution in [0.3, 0.4) is 0 Å². The molecule has 0 saturated heterocycles. The highest BCUT2D eigenvalue weighted by Crippen LogP contribution is 2.17. The molecule has 0 aliphatic heterocycles. The number of nitrogens with one attached hydrogen (secondary N) is 1. The van der Waals surface area contributed by atoms with E-state index in [1.54, 1.807) is 12.3 Å². The molecular formula is C10H15BrN2. The highest BCUT2D eigenvalue weighted by atomic mass is 79.9. The van der Waals surface area contributed by atoms with Crippen LogP contribution in [0.1, 0.15) is 19.4 Å². The zero-order valence-electron chi connectivity index (χ0n) is 8.26. The van der Waals surface area contributed by atoms with Gasteiger partial charge in [-0.05, 0) is 22.0 Å². The summed E-state index contributed by atoms with van der Waals surface area (Å²) >= 11 is 3.33. The number of hydrogen-bond acceptors (Lipinski definition) is 2. The summed E-state index contributed by atoms with van der Waals surface area (Å²) in [5, 5.41) is 2.97. The fourth-order valence-electron chi connectivity index (χ4n) is 0.819. The van der Waals surface area contributed by atoms with Gasteiger partial charge in [0.1, 0.15) is 5.82 Å². The Morgan fingerprint density at radius 1 is 1.54 bits per heavy atom. The van der Waals surface area contributed by atoms with Crippen LogP contribution in [-0.2, 0) is 0 Å². The molecule has 2 nitrogen and oxygen atoms in total. The third kappa shape index (κ3) is 3.59. The van der Waals surface area contributed by atoms with E-state index in [2.05, 4.69) is 32.8 Å². The van der Waals surface area contributed by atoms with E-state index >= 15 is 0 Å². The van der Waals surface area contributed by atoms with Gasteiger partial charge in [-0.25, -0.2) is 4.98 Å². The van der Waals surface area contributed by atoms with Crippen LogP contribution in [0, 0.1) is 0 Å². The van der Waals surface area contributed by atoms with Crippen molar-refractivity contribution < 1.29 is 0 Å². The van der Waals surface area contributed by atoms with Crippen molar-refractivity contribution in [1.82, 2.24) is 4.98 Å². The minimum Gasteiger partial charge on any atom is -0.373 e. The second kappa shape index (κ2) is 6.66. The third-order valence-corrected chi connectivity index (χ3v) is 1.77. The molecule has 1 N–H and O–H groups in total. The van der Waals surface area contributed by atoms with Crippen molar-refractivity contribution in [2.75, 3.05) is 12.4 Å². The number of rotatable bonds is 2. The normalized spacial score (nSPS) is 8.31. The summed E-state index contributed by atoms with van der Waals surface area (Å²) in [5.41, 5.74) is 1.00. The summed E-state index contributed by atoms with van der Waals surface area (Å²) in [5.74, 6) is 0.850. The molecule has 0 saturated carbocycles. The molecule has 72 valence electrons. The lowest BCUT2D eigenvalue weighted by molar-refractivity contribution is 1.26. The Morgan fingerprint density at radius 3 is 2.62 bits per heavy atom. The number of aromatic nitrogens is 1. The van der Waals surface area contributed by atoms with E-state index < -0.39 is 0 Å². The zero-order valence-corrected chi connectivity index (χ0v) is 9.85. The molecule has 0 spiro atoms. The number of anilines is 1. The van der Waals surface area contributed by atoms with Gasteiger partial charge >= 0.3 is 0 Å². The minimum atomic E-state index is 0.850. The molecule has 3 heteroatoms. The van der Waals surface area contributed by atoms with E-state index in [1.807, 2.05) is 27.0 Å². The first-order valence-electron chi connectivity index (χ1n) is 4.23. The minimum absolute atomic E-state index is 0.850. The molecule has 1 aromatic heterocycles. The van der Waals surface area contributed by atoms with Gasteiger partial charge in [0, 0.05) is 23.3 Å². The Bertz CT molecular complexity index is 272. The van der Waals surface area contributed by atoms with Crippen LogP contribution in [0.15, 0.2) is 23.3 Å². The Hall–Kier alpha value is -0.830. The summed E-state index contributed by atoms with van der Waals surface area (Å²) < 4.78 is 0.964. The van der Waals surface area contributed by atoms with Crippen LogP contribution in [0.5, 0.6) is 0 Å². The molecule has 0 aromatic carbocycles. The van der Waals surface area contributed by atoms with Crippen LogP contribution in [0.2, 0.25) is 0 Å². The molecule has 1 rings (SSSR count). The van der Waals surface area contributed by atoms with Crippen molar-refractivity contribution in [3.8, 4) is 0 Å². The molecule has 0 aliphatic carbocycles. The monoisotopic (exact) mass is 242 g/mol. The maximum atomic E-state index is 4.14. The average Bonchev–Trinajstić information content (AvgIpc) is 2.20. The molecule has 0 aliphatic rings. The summed E-state index contributed by atoms with van der Waals surface area (Å²) in [6.07, 6.45) is 3.52. The lowest BCUT2D eigenvalue weighted by atomic mass is 10.2. The molecule has 0 amide bonds. The number of pyridine rings is 1. The first kappa shape index (κ1) is 12.2. The third-order valence-electron chi connectivity index (χ3n) is 1.34. The Balaban J connectivity index is 0.000000671. The van der Waals surface area contributed by atoms with Crippen LogP contribution in [0.25, 0.3) is 6.08 Å². The predicted octanol–water partition coefficient (Wildman–Crippen LogP) is 3.56. The van der Waals surface area contributed by atoms with Crippen LogP contribution in [0.4, 0.5) is 5.82 Å². The topological polar surface area (TPSA) is 24.9 Å². The Kier molecular flexibility index (Phi) is 6.24. The van der Waals surface area contributed by atoms with Crippen molar-refractivity contribution in [2.45, 2.75) is 13.8 Å². The highest BCUT2D eigenvalue weighted by molar-refractivity contribution is 9.10. The van der Waals surface area contributed by atoms with E-state index in [0.29, 0.717) is 0 Å². The standard InChI is InChI=1S/C8H9BrN2.C2H6/c1-3-6-4-7(9)5-11-8(6)10-2;1-2/h3-5H,1H2,2H3,(H,10,11);1-2H3. The molecule has 0 radical (unpaired) electrons. The maximum absolute atomic E-state index is 4.14. The second-order valence-corrected chi connectivity index (χ2v) is 2.96. The second-order valence-electron chi connectivity index (χ2n) is 2.05. The highest BCUT2D eigenvalue weighted by Gasteiger charge is 1.97. The first-order chi connectivity index (χ1) is 6.27. The van der Waals surface area contributed by atoms with Crippen molar-refractivity contribution in [1.29, 1.82) is 0 Å². The number of halogens is 1. The lowest BCUT2D eigenvalue weighted by Crippen LogP contribution is -1.94. The number of nitrogens with zero attached hydrogens (tertiary/aromatic N) is 1. The van der Waals surface area contributed by atoms with Crippen molar-refractivity contribution in [3.05, 3.63) is 28.9 Å². The predicted molar refractivity (Wildman–Crippen MR) is 62.9 cm³/mol. The summed E-state index contributed by atoms with van der Waals surface area (Å²) in [7, 11) is 1.84. The summed E-state index contributed by atoms with van der Waals surface area (Å²) in [6.45, 7) is 7.68. The summed E-state index contributed by atoms with van der Waals surface area (Å²) in [4.78, 5) is 4.14. The van der Waals surface area contributed by atoms with Gasteiger partial charge in [-0.15, -0.1) is 0 Å². The van der Waals surface area contributed by atoms with E-state index in [9.17, 15) is 0 Å². The van der Waals surface area contributed by atoms with Gasteiger partial charge in [0.25, 0.3) is 0 Å². The first-order valence-corrected chi connectivity index (χ1v) is 5.03. The fourth-order valence-corrected chi connectivity index (χ4v) is 1.17. The van der Waals surface area contributed by atoms with Gasteiger partial charge in [-0.1, -0.05) is 26.5 Å². The van der Waals surface area contributed by atoms with Gasteiger partial charge < -0.3 is 5.32 Å². The van der Waals surface area contributed by atoms with Crippen LogP contribution < -0.4 is 5.32 Å². The van der Waals surface area contributed by atoms with E-state index in [-0.39, 0.29) is 0 Å². The fraction of sp³-hybridized carbons (Fsp3) is 0.300. The van der Waals surface area contributed by atoms with Gasteiger partial charge in [0.15, 0.2) is 0 Å². The molecule has 0 atom stereocenters. The largest absolute Gasteiger partial charge is 0.373 e. The average molecular weight is 243 g/mol. The lowest BCUT2D eigenvalue weighted by Gasteiger charge is -2.02. The van der Waals surface area contributed by atoms with Crippen LogP contribution >= 0.6 is 15.9 Å². The maximum Gasteiger partial charge on any atom is 0.133 e. The summed E-state index contributed by atoms with van der Waals surface area (Å²) in [6, 6.07) is 1.96. The van der Waals surface area contributed by atoms with Gasteiger partial charge in [0.05, 0.1) is 0 Å². The van der Waals surface area contributed by atoms with Gasteiger partial charge in [-0.3, -0.25) is 0 Å². The van der Waals surface area contributed by atoms with Gasteiger partial charge in [0.2, 0.25) is 0 Å². The number of hydrogen-bond donors (Lipinski definition) is 1. The SMILES string of the molecule is C=Cc1cc(Br)cnc1NC.CC. The van der Waals surface area contributed by atoms with E-state index in [0.717, 1.165) is 15.9 Å². The molecule has 1 aromatic rings. The quantitative estimate of drug-likeness (QED) is 0.859. The van der Waals surface area contributed by atoms with E-state index in [1.165, 1.54) is 0 Å². The molecule has 0 unspecified atom stereocenters. The zero-order chi connectivity index (χ0) is 10.3. The van der Waals surface area contributed by atoms with E-state index in [4.69, 9.17) is 0 Å². The molecule has 0 fully saturated rings. The van der Waals surface area contributed by atoms with Crippen molar-refractivity contribution >= 4 is 27.8 Å². The Morgan fingerprint density at radius 2 is 2.15 bits per heavy atom. The van der Waals surface area contributed by atoms with Crippen LogP contribution in [-0.4, -0.2) is 12.0 Å². The van der Waals surface area contributed by atoms with Crippen molar-refractivity contribution in [3.63, 3.8) is 0 Å². The van der Waals surface area contributed by atoms with Gasteiger partial charge in [-0.2, -0.15) is 0 Å². The molecule has 13 heavy (non-hydrogen) atoms. The molecule has 0 bridgehead atoms. The smallest absolute Gasteiger partial charge is 0.133 e.